The Hall–Kier alpha value is -1.47. The van der Waals surface area contributed by atoms with Crippen LogP contribution in [0.25, 0.3) is 0 Å². The summed E-state index contributed by atoms with van der Waals surface area (Å²) in [5.74, 6) is -0.378. The molecule has 0 aliphatic heterocycles. The van der Waals surface area contributed by atoms with Crippen LogP contribution in [0, 0.1) is 3.57 Å². The highest BCUT2D eigenvalue weighted by Crippen LogP contribution is 2.29. The van der Waals surface area contributed by atoms with Gasteiger partial charge in [0.05, 0.1) is 29.2 Å². The lowest BCUT2D eigenvalue weighted by Crippen LogP contribution is -2.06. The van der Waals surface area contributed by atoms with Crippen LogP contribution in [0.15, 0.2) is 36.4 Å². The van der Waals surface area contributed by atoms with Gasteiger partial charge in [0.15, 0.2) is 0 Å². The molecule has 110 valence electrons. The van der Waals surface area contributed by atoms with Crippen molar-refractivity contribution in [1.82, 2.24) is 0 Å². The summed E-state index contributed by atoms with van der Waals surface area (Å²) in [5, 5.41) is 3.90. The van der Waals surface area contributed by atoms with Crippen LogP contribution in [-0.4, -0.2) is 12.6 Å². The smallest absolute Gasteiger partial charge is 0.338 e. The Kier molecular flexibility index (Phi) is 5.30. The van der Waals surface area contributed by atoms with Crippen LogP contribution in [0.4, 0.5) is 17.1 Å². The number of benzene rings is 2. The molecule has 21 heavy (non-hydrogen) atoms. The molecule has 2 aromatic carbocycles. The maximum absolute atomic E-state index is 11.6. The molecule has 0 atom stereocenters. The molecule has 0 unspecified atom stereocenters. The number of nitrogen functional groups attached to an aromatic ring is 1. The van der Waals surface area contributed by atoms with Crippen molar-refractivity contribution in [1.29, 1.82) is 0 Å². The monoisotopic (exact) mass is 416 g/mol. The van der Waals surface area contributed by atoms with Gasteiger partial charge < -0.3 is 15.8 Å². The van der Waals surface area contributed by atoms with Gasteiger partial charge in [0.1, 0.15) is 0 Å². The van der Waals surface area contributed by atoms with Gasteiger partial charge in [-0.25, -0.2) is 4.79 Å². The molecule has 0 saturated carbocycles. The summed E-state index contributed by atoms with van der Waals surface area (Å²) in [4.78, 5) is 11.6. The Balaban J connectivity index is 2.23. The Bertz CT molecular complexity index is 677. The van der Waals surface area contributed by atoms with Gasteiger partial charge in [-0.2, -0.15) is 0 Å². The number of carbonyl (C=O) groups excluding carboxylic acids is 1. The highest BCUT2D eigenvalue weighted by Gasteiger charge is 2.10. The van der Waals surface area contributed by atoms with Crippen molar-refractivity contribution in [2.75, 3.05) is 17.7 Å². The molecule has 0 fully saturated rings. The van der Waals surface area contributed by atoms with E-state index in [9.17, 15) is 4.79 Å². The molecule has 6 heteroatoms. The Morgan fingerprint density at radius 1 is 1.29 bits per heavy atom. The van der Waals surface area contributed by atoms with Crippen molar-refractivity contribution in [2.24, 2.45) is 0 Å². The number of hydrogen-bond acceptors (Lipinski definition) is 4. The van der Waals surface area contributed by atoms with E-state index >= 15 is 0 Å². The predicted octanol–water partition coefficient (Wildman–Crippen LogP) is 4.45. The molecule has 0 aliphatic carbocycles. The zero-order chi connectivity index (χ0) is 15.4. The second-order valence-corrected chi connectivity index (χ2v) is 5.87. The number of esters is 1. The number of nitrogens with one attached hydrogen (secondary N) is 1. The molecule has 3 N–H and O–H groups in total. The molecule has 0 bridgehead atoms. The SMILES string of the molecule is CCOC(=O)c1ccc(Nc2ccc(Cl)cc2I)c(N)c1. The van der Waals surface area contributed by atoms with Crippen LogP contribution in [0.1, 0.15) is 17.3 Å². The average Bonchev–Trinajstić information content (AvgIpc) is 2.44. The summed E-state index contributed by atoms with van der Waals surface area (Å²) in [5.41, 5.74) is 8.52. The Labute approximate surface area is 141 Å². The van der Waals surface area contributed by atoms with Gasteiger partial charge in [0.25, 0.3) is 0 Å². The molecule has 0 amide bonds. The van der Waals surface area contributed by atoms with Crippen LogP contribution < -0.4 is 11.1 Å². The Morgan fingerprint density at radius 3 is 2.62 bits per heavy atom. The van der Waals surface area contributed by atoms with Gasteiger partial charge in [-0.1, -0.05) is 11.6 Å². The number of ether oxygens (including phenoxy) is 1. The predicted molar refractivity (Wildman–Crippen MR) is 94.3 cm³/mol. The first-order valence-electron chi connectivity index (χ1n) is 6.30. The van der Waals surface area contributed by atoms with E-state index in [0.29, 0.717) is 22.9 Å². The third-order valence-corrected chi connectivity index (χ3v) is 3.89. The summed E-state index contributed by atoms with van der Waals surface area (Å²) in [6, 6.07) is 10.6. The van der Waals surface area contributed by atoms with Crippen LogP contribution in [0.5, 0.6) is 0 Å². The standard InChI is InChI=1S/C15H14ClIN2O2/c1-2-21-15(20)9-3-5-14(12(18)7-9)19-13-6-4-10(16)8-11(13)17/h3-8,19H,2,18H2,1H3. The molecule has 4 nitrogen and oxygen atoms in total. The summed E-state index contributed by atoms with van der Waals surface area (Å²) < 4.78 is 5.92. The van der Waals surface area contributed by atoms with Crippen LogP contribution in [-0.2, 0) is 4.74 Å². The molecule has 0 aliphatic rings. The number of nitrogens with two attached hydrogens (primary N) is 1. The minimum Gasteiger partial charge on any atom is -0.462 e. The first kappa shape index (κ1) is 15.9. The van der Waals surface area contributed by atoms with Crippen molar-refractivity contribution in [3.05, 3.63) is 50.6 Å². The van der Waals surface area contributed by atoms with Crippen molar-refractivity contribution < 1.29 is 9.53 Å². The second kappa shape index (κ2) is 7.00. The number of carbonyl (C=O) groups is 1. The zero-order valence-corrected chi connectivity index (χ0v) is 14.2. The van der Waals surface area contributed by atoms with Gasteiger partial charge in [-0.15, -0.1) is 0 Å². The number of hydrogen-bond donors (Lipinski definition) is 2. The van der Waals surface area contributed by atoms with Crippen molar-refractivity contribution in [2.45, 2.75) is 6.92 Å². The van der Waals surface area contributed by atoms with Crippen LogP contribution >= 0.6 is 34.2 Å². The lowest BCUT2D eigenvalue weighted by atomic mass is 10.1. The van der Waals surface area contributed by atoms with Gasteiger partial charge in [0.2, 0.25) is 0 Å². The van der Waals surface area contributed by atoms with Crippen molar-refractivity contribution in [3.63, 3.8) is 0 Å². The quantitative estimate of drug-likeness (QED) is 0.439. The first-order chi connectivity index (χ1) is 10.0. The van der Waals surface area contributed by atoms with E-state index in [1.807, 2.05) is 12.1 Å². The fraction of sp³-hybridized carbons (Fsp3) is 0.133. The topological polar surface area (TPSA) is 64.3 Å². The van der Waals surface area contributed by atoms with Gasteiger partial charge in [0, 0.05) is 8.59 Å². The highest BCUT2D eigenvalue weighted by atomic mass is 127. The summed E-state index contributed by atoms with van der Waals surface area (Å²) >= 11 is 8.12. The number of anilines is 3. The van der Waals surface area contributed by atoms with E-state index in [-0.39, 0.29) is 5.97 Å². The second-order valence-electron chi connectivity index (χ2n) is 4.27. The van der Waals surface area contributed by atoms with E-state index in [4.69, 9.17) is 22.1 Å². The van der Waals surface area contributed by atoms with Crippen molar-refractivity contribution in [3.8, 4) is 0 Å². The third kappa shape index (κ3) is 4.01. The maximum atomic E-state index is 11.6. The van der Waals surface area contributed by atoms with E-state index in [1.54, 1.807) is 31.2 Å². The average molecular weight is 417 g/mol. The summed E-state index contributed by atoms with van der Waals surface area (Å²) in [7, 11) is 0. The fourth-order valence-corrected chi connectivity index (χ4v) is 2.76. The molecule has 2 aromatic rings. The van der Waals surface area contributed by atoms with E-state index in [2.05, 4.69) is 27.9 Å². The van der Waals surface area contributed by atoms with E-state index in [0.717, 1.165) is 14.9 Å². The number of rotatable bonds is 4. The van der Waals surface area contributed by atoms with Gasteiger partial charge >= 0.3 is 5.97 Å². The molecule has 2 rings (SSSR count). The summed E-state index contributed by atoms with van der Waals surface area (Å²) in [6.07, 6.45) is 0. The Morgan fingerprint density at radius 2 is 2.00 bits per heavy atom. The normalized spacial score (nSPS) is 10.2. The largest absolute Gasteiger partial charge is 0.462 e. The minimum absolute atomic E-state index is 0.335. The molecule has 0 heterocycles. The molecule has 0 aromatic heterocycles. The molecule has 0 saturated heterocycles. The summed E-state index contributed by atoms with van der Waals surface area (Å²) in [6.45, 7) is 2.10. The van der Waals surface area contributed by atoms with E-state index in [1.165, 1.54) is 0 Å². The zero-order valence-electron chi connectivity index (χ0n) is 11.3. The molecular formula is C15H14ClIN2O2. The lowest BCUT2D eigenvalue weighted by Gasteiger charge is -2.12. The molecular weight excluding hydrogens is 403 g/mol. The van der Waals surface area contributed by atoms with Crippen LogP contribution in [0.2, 0.25) is 5.02 Å². The first-order valence-corrected chi connectivity index (χ1v) is 7.75. The van der Waals surface area contributed by atoms with Crippen molar-refractivity contribution >= 4 is 57.2 Å². The maximum Gasteiger partial charge on any atom is 0.338 e. The lowest BCUT2D eigenvalue weighted by molar-refractivity contribution is 0.0526. The van der Waals surface area contributed by atoms with Gasteiger partial charge in [-0.3, -0.25) is 0 Å². The molecule has 0 spiro atoms. The fourth-order valence-electron chi connectivity index (χ4n) is 1.75. The molecule has 0 radical (unpaired) electrons. The van der Waals surface area contributed by atoms with Crippen LogP contribution in [0.3, 0.4) is 0 Å². The highest BCUT2D eigenvalue weighted by molar-refractivity contribution is 14.1. The minimum atomic E-state index is -0.378. The third-order valence-electron chi connectivity index (χ3n) is 2.76. The number of halogens is 2. The van der Waals surface area contributed by atoms with E-state index < -0.39 is 0 Å². The van der Waals surface area contributed by atoms with Gasteiger partial charge in [-0.05, 0) is 65.9 Å².